The zero-order chi connectivity index (χ0) is 10.9. The molecule has 5 heteroatoms. The minimum Gasteiger partial charge on any atom is -0.211 e. The van der Waals surface area contributed by atoms with E-state index in [-0.39, 0.29) is 11.3 Å². The minimum atomic E-state index is -3.19. The van der Waals surface area contributed by atoms with Gasteiger partial charge in [-0.25, -0.2) is 8.42 Å². The predicted octanol–water partition coefficient (Wildman–Crippen LogP) is 2.17. The Balaban J connectivity index is 2.11. The molecule has 15 heavy (non-hydrogen) atoms. The zero-order valence-electron chi connectivity index (χ0n) is 8.86. The molecule has 0 bridgehead atoms. The maximum Gasteiger partial charge on any atom is 0.228 e. The van der Waals surface area contributed by atoms with E-state index in [2.05, 4.69) is 0 Å². The van der Waals surface area contributed by atoms with E-state index < -0.39 is 10.0 Å². The third kappa shape index (κ3) is 2.32. The fourth-order valence-corrected chi connectivity index (χ4v) is 4.59. The van der Waals surface area contributed by atoms with E-state index in [4.69, 9.17) is 11.6 Å². The summed E-state index contributed by atoms with van der Waals surface area (Å²) >= 11 is 5.52. The Bertz CT molecular complexity index is 311. The van der Waals surface area contributed by atoms with Crippen molar-refractivity contribution in [1.29, 1.82) is 0 Å². The van der Waals surface area contributed by atoms with Gasteiger partial charge in [0, 0.05) is 12.6 Å². The van der Waals surface area contributed by atoms with Gasteiger partial charge >= 0.3 is 0 Å². The van der Waals surface area contributed by atoms with Crippen molar-refractivity contribution < 1.29 is 8.42 Å². The highest BCUT2D eigenvalue weighted by Crippen LogP contribution is 2.36. The van der Waals surface area contributed by atoms with E-state index in [1.54, 1.807) is 4.31 Å². The number of halogens is 1. The van der Waals surface area contributed by atoms with Gasteiger partial charge in [0.2, 0.25) is 10.0 Å². The van der Waals surface area contributed by atoms with Crippen molar-refractivity contribution in [1.82, 2.24) is 4.31 Å². The van der Waals surface area contributed by atoms with Gasteiger partial charge in [-0.15, -0.1) is 11.6 Å². The molecule has 1 saturated heterocycles. The van der Waals surface area contributed by atoms with Crippen molar-refractivity contribution in [3.63, 3.8) is 0 Å². The molecule has 1 unspecified atom stereocenters. The normalized spacial score (nSPS) is 30.1. The van der Waals surface area contributed by atoms with Crippen LogP contribution < -0.4 is 0 Å². The molecule has 1 aliphatic heterocycles. The van der Waals surface area contributed by atoms with Crippen LogP contribution in [0.15, 0.2) is 0 Å². The van der Waals surface area contributed by atoms with Crippen LogP contribution >= 0.6 is 11.6 Å². The van der Waals surface area contributed by atoms with Gasteiger partial charge in [0.1, 0.15) is 5.21 Å². The number of sulfonamides is 1. The molecule has 0 radical (unpaired) electrons. The van der Waals surface area contributed by atoms with Crippen LogP contribution in [0.1, 0.15) is 38.5 Å². The molecule has 0 aromatic heterocycles. The van der Waals surface area contributed by atoms with Gasteiger partial charge in [0.05, 0.1) is 0 Å². The van der Waals surface area contributed by atoms with Crippen molar-refractivity contribution >= 4 is 21.6 Å². The second-order valence-corrected chi connectivity index (χ2v) is 7.09. The van der Waals surface area contributed by atoms with Crippen molar-refractivity contribution in [3.05, 3.63) is 0 Å². The van der Waals surface area contributed by atoms with Crippen LogP contribution in [0.25, 0.3) is 0 Å². The predicted molar refractivity (Wildman–Crippen MR) is 61.3 cm³/mol. The second-order valence-electron chi connectivity index (χ2n) is 4.59. The first-order valence-electron chi connectivity index (χ1n) is 5.70. The van der Waals surface area contributed by atoms with E-state index in [1.807, 2.05) is 0 Å². The lowest BCUT2D eigenvalue weighted by Gasteiger charge is -2.27. The van der Waals surface area contributed by atoms with Crippen molar-refractivity contribution in [2.75, 3.05) is 11.8 Å². The fourth-order valence-electron chi connectivity index (χ4n) is 2.99. The Hall–Kier alpha value is 0.200. The SMILES string of the molecule is O=S(=O)(CCl)N1CCCC1C1CCCC1. The summed E-state index contributed by atoms with van der Waals surface area (Å²) in [5.74, 6) is 0.588. The van der Waals surface area contributed by atoms with Crippen LogP contribution in [0.3, 0.4) is 0 Å². The first kappa shape index (κ1) is 11.7. The Labute approximate surface area is 96.8 Å². The molecule has 0 amide bonds. The Morgan fingerprint density at radius 3 is 2.40 bits per heavy atom. The van der Waals surface area contributed by atoms with Crippen LogP contribution in [0.5, 0.6) is 0 Å². The van der Waals surface area contributed by atoms with Crippen molar-refractivity contribution in [2.24, 2.45) is 5.92 Å². The largest absolute Gasteiger partial charge is 0.228 e. The minimum absolute atomic E-state index is 0.247. The average Bonchev–Trinajstić information content (AvgIpc) is 2.87. The van der Waals surface area contributed by atoms with Gasteiger partial charge < -0.3 is 0 Å². The summed E-state index contributed by atoms with van der Waals surface area (Å²) in [5.41, 5.74) is 0. The van der Waals surface area contributed by atoms with Gasteiger partial charge in [-0.3, -0.25) is 0 Å². The molecule has 0 aromatic rings. The van der Waals surface area contributed by atoms with Gasteiger partial charge in [-0.1, -0.05) is 12.8 Å². The molecule has 2 rings (SSSR count). The van der Waals surface area contributed by atoms with Gasteiger partial charge in [-0.2, -0.15) is 4.31 Å². The van der Waals surface area contributed by atoms with E-state index in [9.17, 15) is 8.42 Å². The summed E-state index contributed by atoms with van der Waals surface area (Å²) in [7, 11) is -3.19. The maximum absolute atomic E-state index is 11.8. The molecule has 0 N–H and O–H groups in total. The Morgan fingerprint density at radius 2 is 1.80 bits per heavy atom. The molecule has 3 nitrogen and oxygen atoms in total. The number of hydrogen-bond donors (Lipinski definition) is 0. The molecular formula is C10H18ClNO2S. The van der Waals surface area contributed by atoms with Crippen LogP contribution in [0.4, 0.5) is 0 Å². The molecule has 1 aliphatic carbocycles. The summed E-state index contributed by atoms with van der Waals surface area (Å²) in [6.45, 7) is 0.677. The van der Waals surface area contributed by atoms with Gasteiger partial charge in [0.15, 0.2) is 0 Å². The van der Waals surface area contributed by atoms with Crippen LogP contribution in [0, 0.1) is 5.92 Å². The number of alkyl halides is 1. The first-order valence-corrected chi connectivity index (χ1v) is 7.85. The number of nitrogens with zero attached hydrogens (tertiary/aromatic N) is 1. The molecule has 0 aromatic carbocycles. The smallest absolute Gasteiger partial charge is 0.211 e. The van der Waals surface area contributed by atoms with Gasteiger partial charge in [-0.05, 0) is 31.6 Å². The van der Waals surface area contributed by atoms with E-state index in [1.165, 1.54) is 25.7 Å². The zero-order valence-corrected chi connectivity index (χ0v) is 10.4. The van der Waals surface area contributed by atoms with E-state index in [0.29, 0.717) is 12.5 Å². The molecule has 0 spiro atoms. The quantitative estimate of drug-likeness (QED) is 0.721. The van der Waals surface area contributed by atoms with E-state index in [0.717, 1.165) is 12.8 Å². The first-order chi connectivity index (χ1) is 7.15. The fraction of sp³-hybridized carbons (Fsp3) is 1.00. The third-order valence-corrected chi connectivity index (χ3v) is 5.96. The van der Waals surface area contributed by atoms with E-state index >= 15 is 0 Å². The van der Waals surface area contributed by atoms with Crippen molar-refractivity contribution in [3.8, 4) is 0 Å². The summed E-state index contributed by atoms with van der Waals surface area (Å²) in [4.78, 5) is 0. The lowest BCUT2D eigenvalue weighted by atomic mass is 9.97. The van der Waals surface area contributed by atoms with Crippen molar-refractivity contribution in [2.45, 2.75) is 44.6 Å². The summed E-state index contributed by atoms with van der Waals surface area (Å²) in [5, 5.41) is -0.268. The highest BCUT2D eigenvalue weighted by atomic mass is 35.5. The van der Waals surface area contributed by atoms with Crippen LogP contribution in [-0.4, -0.2) is 30.5 Å². The van der Waals surface area contributed by atoms with Crippen LogP contribution in [-0.2, 0) is 10.0 Å². The Kier molecular flexibility index (Phi) is 3.58. The molecule has 2 aliphatic rings. The summed E-state index contributed by atoms with van der Waals surface area (Å²) in [6.07, 6.45) is 6.93. The maximum atomic E-state index is 11.8. The third-order valence-electron chi connectivity index (χ3n) is 3.69. The molecule has 88 valence electrons. The second kappa shape index (κ2) is 4.60. The number of hydrogen-bond acceptors (Lipinski definition) is 2. The lowest BCUT2D eigenvalue weighted by Crippen LogP contribution is -2.39. The molecule has 1 atom stereocenters. The summed E-state index contributed by atoms with van der Waals surface area (Å²) in [6, 6.07) is 0.247. The van der Waals surface area contributed by atoms with Crippen LogP contribution in [0.2, 0.25) is 0 Å². The monoisotopic (exact) mass is 251 g/mol. The topological polar surface area (TPSA) is 37.4 Å². The highest BCUT2D eigenvalue weighted by Gasteiger charge is 2.38. The molecule has 1 heterocycles. The lowest BCUT2D eigenvalue weighted by molar-refractivity contribution is 0.289. The standard InChI is InChI=1S/C10H18ClNO2S/c11-8-15(13,14)12-7-3-6-10(12)9-4-1-2-5-9/h9-10H,1-8H2. The Morgan fingerprint density at radius 1 is 1.13 bits per heavy atom. The molecular weight excluding hydrogens is 234 g/mol. The highest BCUT2D eigenvalue weighted by molar-refractivity contribution is 7.90. The summed E-state index contributed by atoms with van der Waals surface area (Å²) < 4.78 is 25.2. The average molecular weight is 252 g/mol. The molecule has 2 fully saturated rings. The molecule has 1 saturated carbocycles. The number of rotatable bonds is 3. The van der Waals surface area contributed by atoms with Gasteiger partial charge in [0.25, 0.3) is 0 Å².